The maximum absolute atomic E-state index is 13.2. The van der Waals surface area contributed by atoms with Crippen molar-refractivity contribution in [2.75, 3.05) is 21.3 Å². The Kier molecular flexibility index (Phi) is 7.87. The number of rotatable bonds is 6. The summed E-state index contributed by atoms with van der Waals surface area (Å²) < 4.78 is 16.0. The Morgan fingerprint density at radius 1 is 0.970 bits per heavy atom. The summed E-state index contributed by atoms with van der Waals surface area (Å²) in [6, 6.07) is 16.9. The van der Waals surface area contributed by atoms with Crippen LogP contribution in [0, 0.1) is 5.92 Å². The van der Waals surface area contributed by atoms with Gasteiger partial charge < -0.3 is 14.2 Å². The SMILES string of the molecule is COC(=O)C(OC)[C@@H]1[C@@H]([Si](C)(C)c2ccccc2)[C@H](C)[C@H](c2ccc(Cl)cc2)N1C(=O)OC. The van der Waals surface area contributed by atoms with Gasteiger partial charge in [-0.25, -0.2) is 9.59 Å². The van der Waals surface area contributed by atoms with Gasteiger partial charge >= 0.3 is 12.1 Å². The number of likely N-dealkylation sites (tertiary alicyclic amines) is 1. The molecule has 2 aromatic rings. The molecular formula is C25H32ClNO5Si. The molecule has 178 valence electrons. The molecule has 0 N–H and O–H groups in total. The quantitative estimate of drug-likeness (QED) is 0.437. The summed E-state index contributed by atoms with van der Waals surface area (Å²) >= 11 is 6.14. The van der Waals surface area contributed by atoms with Crippen LogP contribution in [0.25, 0.3) is 0 Å². The summed E-state index contributed by atoms with van der Waals surface area (Å²) in [6.45, 7) is 6.70. The zero-order valence-corrected chi connectivity index (χ0v) is 21.7. The minimum absolute atomic E-state index is 0.0134. The first-order chi connectivity index (χ1) is 15.7. The van der Waals surface area contributed by atoms with E-state index < -0.39 is 32.3 Å². The smallest absolute Gasteiger partial charge is 0.410 e. The normalized spacial score (nSPS) is 23.8. The van der Waals surface area contributed by atoms with Crippen molar-refractivity contribution in [3.8, 4) is 0 Å². The van der Waals surface area contributed by atoms with Gasteiger partial charge in [0.25, 0.3) is 0 Å². The third-order valence-electron chi connectivity index (χ3n) is 7.00. The van der Waals surface area contributed by atoms with E-state index in [0.717, 1.165) is 5.56 Å². The second kappa shape index (κ2) is 10.3. The van der Waals surface area contributed by atoms with E-state index >= 15 is 0 Å². The number of hydrogen-bond acceptors (Lipinski definition) is 5. The standard InChI is InChI=1S/C25H32ClNO5Si/c1-16-20(17-12-14-18(26)15-13-17)27(25(29)32-4)21(22(30-2)24(28)31-3)23(16)33(5,6)19-10-8-7-9-11-19/h7-16,20-23H,1-6H3/t16-,20-,21-,22?,23+/m1/s1. The fourth-order valence-corrected chi connectivity index (χ4v) is 9.80. The van der Waals surface area contributed by atoms with Gasteiger partial charge in [-0.05, 0) is 29.2 Å². The number of amides is 1. The van der Waals surface area contributed by atoms with E-state index in [0.29, 0.717) is 5.02 Å². The van der Waals surface area contributed by atoms with Crippen LogP contribution in [0.2, 0.25) is 23.7 Å². The van der Waals surface area contributed by atoms with E-state index in [1.807, 2.05) is 42.5 Å². The molecule has 1 heterocycles. The van der Waals surface area contributed by atoms with Gasteiger partial charge in [-0.3, -0.25) is 4.90 Å². The first kappa shape index (κ1) is 25.3. The summed E-state index contributed by atoms with van der Waals surface area (Å²) in [5.41, 5.74) is 0.908. The van der Waals surface area contributed by atoms with Crippen molar-refractivity contribution in [2.24, 2.45) is 5.92 Å². The number of halogens is 1. The van der Waals surface area contributed by atoms with Crippen molar-refractivity contribution >= 4 is 36.9 Å². The number of carbonyl (C=O) groups excluding carboxylic acids is 2. The van der Waals surface area contributed by atoms with Crippen molar-refractivity contribution in [2.45, 2.75) is 43.7 Å². The van der Waals surface area contributed by atoms with Crippen molar-refractivity contribution in [3.63, 3.8) is 0 Å². The second-order valence-corrected chi connectivity index (χ2v) is 14.1. The highest BCUT2D eigenvalue weighted by Crippen LogP contribution is 2.53. The second-order valence-electron chi connectivity index (χ2n) is 9.02. The third kappa shape index (κ3) is 4.67. The van der Waals surface area contributed by atoms with E-state index in [2.05, 4.69) is 32.2 Å². The van der Waals surface area contributed by atoms with E-state index in [-0.39, 0.29) is 17.5 Å². The molecule has 1 aliphatic heterocycles. The van der Waals surface area contributed by atoms with Gasteiger partial charge in [0, 0.05) is 12.1 Å². The Balaban J connectivity index is 2.24. The van der Waals surface area contributed by atoms with Crippen LogP contribution in [0.5, 0.6) is 0 Å². The average Bonchev–Trinajstić information content (AvgIpc) is 3.13. The Labute approximate surface area is 201 Å². The minimum atomic E-state index is -2.26. The van der Waals surface area contributed by atoms with E-state index in [1.165, 1.54) is 26.5 Å². The summed E-state index contributed by atoms with van der Waals surface area (Å²) in [5.74, 6) is -0.498. The van der Waals surface area contributed by atoms with Gasteiger partial charge in [0.15, 0.2) is 6.10 Å². The maximum Gasteiger partial charge on any atom is 0.410 e. The lowest BCUT2D eigenvalue weighted by atomic mass is 9.93. The zero-order chi connectivity index (χ0) is 24.3. The van der Waals surface area contributed by atoms with Gasteiger partial charge in [-0.2, -0.15) is 0 Å². The predicted octanol–water partition coefficient (Wildman–Crippen LogP) is 4.64. The molecule has 0 bridgehead atoms. The Morgan fingerprint density at radius 2 is 1.58 bits per heavy atom. The number of carbonyl (C=O) groups is 2. The van der Waals surface area contributed by atoms with Crippen molar-refractivity contribution in [3.05, 3.63) is 65.2 Å². The van der Waals surface area contributed by atoms with Gasteiger partial charge in [0.05, 0.1) is 34.4 Å². The summed E-state index contributed by atoms with van der Waals surface area (Å²) in [7, 11) is 1.91. The monoisotopic (exact) mass is 489 g/mol. The predicted molar refractivity (Wildman–Crippen MR) is 132 cm³/mol. The molecular weight excluding hydrogens is 458 g/mol. The van der Waals surface area contributed by atoms with Crippen LogP contribution in [0.4, 0.5) is 4.79 Å². The first-order valence-corrected chi connectivity index (χ1v) is 14.4. The number of esters is 1. The third-order valence-corrected chi connectivity index (χ3v) is 11.6. The number of nitrogens with zero attached hydrogens (tertiary/aromatic N) is 1. The highest BCUT2D eigenvalue weighted by atomic mass is 35.5. The molecule has 1 unspecified atom stereocenters. The lowest BCUT2D eigenvalue weighted by molar-refractivity contribution is -0.155. The molecule has 0 radical (unpaired) electrons. The first-order valence-electron chi connectivity index (χ1n) is 11.0. The van der Waals surface area contributed by atoms with Crippen LogP contribution in [-0.2, 0) is 19.0 Å². The van der Waals surface area contributed by atoms with Crippen LogP contribution in [0.1, 0.15) is 18.5 Å². The van der Waals surface area contributed by atoms with E-state index in [9.17, 15) is 9.59 Å². The molecule has 0 spiro atoms. The van der Waals surface area contributed by atoms with Crippen LogP contribution in [0.15, 0.2) is 54.6 Å². The molecule has 33 heavy (non-hydrogen) atoms. The maximum atomic E-state index is 13.2. The Morgan fingerprint density at radius 3 is 2.09 bits per heavy atom. The van der Waals surface area contributed by atoms with E-state index in [4.69, 9.17) is 25.8 Å². The number of benzene rings is 2. The Hall–Kier alpha value is -2.35. The van der Waals surface area contributed by atoms with Gasteiger partial charge in [-0.1, -0.05) is 79.3 Å². The summed E-state index contributed by atoms with van der Waals surface area (Å²) in [5, 5.41) is 1.86. The molecule has 0 aromatic heterocycles. The highest BCUT2D eigenvalue weighted by molar-refractivity contribution is 6.91. The van der Waals surface area contributed by atoms with Crippen LogP contribution in [0.3, 0.4) is 0 Å². The van der Waals surface area contributed by atoms with Crippen molar-refractivity contribution < 1.29 is 23.8 Å². The Bertz CT molecular complexity index is 969. The van der Waals surface area contributed by atoms with Crippen LogP contribution in [-0.4, -0.2) is 58.5 Å². The molecule has 5 atom stereocenters. The number of hydrogen-bond donors (Lipinski definition) is 0. The number of ether oxygens (including phenoxy) is 3. The average molecular weight is 490 g/mol. The zero-order valence-electron chi connectivity index (χ0n) is 19.9. The molecule has 1 amide bonds. The molecule has 8 heteroatoms. The fourth-order valence-electron chi connectivity index (χ4n) is 5.55. The highest BCUT2D eigenvalue weighted by Gasteiger charge is 2.59. The van der Waals surface area contributed by atoms with Gasteiger partial charge in [0.2, 0.25) is 0 Å². The molecule has 0 saturated carbocycles. The topological polar surface area (TPSA) is 65.1 Å². The molecule has 3 rings (SSSR count). The lowest BCUT2D eigenvalue weighted by Gasteiger charge is -2.39. The fraction of sp³-hybridized carbons (Fsp3) is 0.440. The molecule has 2 aromatic carbocycles. The molecule has 6 nitrogen and oxygen atoms in total. The van der Waals surface area contributed by atoms with Crippen molar-refractivity contribution in [1.29, 1.82) is 0 Å². The van der Waals surface area contributed by atoms with Gasteiger partial charge in [-0.15, -0.1) is 0 Å². The summed E-state index contributed by atoms with van der Waals surface area (Å²) in [4.78, 5) is 27.8. The van der Waals surface area contributed by atoms with Crippen molar-refractivity contribution in [1.82, 2.24) is 4.90 Å². The molecule has 1 aliphatic rings. The molecule has 1 saturated heterocycles. The largest absolute Gasteiger partial charge is 0.467 e. The molecule has 1 fully saturated rings. The lowest BCUT2D eigenvalue weighted by Crippen LogP contribution is -2.57. The number of methoxy groups -OCH3 is 3. The van der Waals surface area contributed by atoms with E-state index in [1.54, 1.807) is 4.90 Å². The van der Waals surface area contributed by atoms with Gasteiger partial charge in [0.1, 0.15) is 0 Å². The van der Waals surface area contributed by atoms with Crippen LogP contribution >= 0.6 is 11.6 Å². The summed E-state index contributed by atoms with van der Waals surface area (Å²) in [6.07, 6.45) is -1.45. The molecule has 0 aliphatic carbocycles. The minimum Gasteiger partial charge on any atom is -0.467 e. The van der Waals surface area contributed by atoms with Crippen LogP contribution < -0.4 is 5.19 Å².